The summed E-state index contributed by atoms with van der Waals surface area (Å²) in [4.78, 5) is 4.89. The first kappa shape index (κ1) is 11.8. The fourth-order valence-electron chi connectivity index (χ4n) is 1.91. The maximum Gasteiger partial charge on any atom is 0.140 e. The van der Waals surface area contributed by atoms with Crippen LogP contribution in [0.2, 0.25) is 0 Å². The molecule has 0 amide bonds. The van der Waals surface area contributed by atoms with Gasteiger partial charge in [-0.3, -0.25) is 0 Å². The monoisotopic (exact) mass is 245 g/mol. The van der Waals surface area contributed by atoms with Crippen LogP contribution in [0.5, 0.6) is 0 Å². The fourth-order valence-corrected chi connectivity index (χ4v) is 2.19. The molecule has 1 unspecified atom stereocenters. The molecule has 0 aliphatic rings. The number of hydrogen-bond donors (Lipinski definition) is 1. The van der Waals surface area contributed by atoms with Gasteiger partial charge in [0, 0.05) is 18.0 Å². The van der Waals surface area contributed by atoms with Crippen molar-refractivity contribution < 1.29 is 0 Å². The Balaban J connectivity index is 2.45. The third-order valence-electron chi connectivity index (χ3n) is 2.75. The molecule has 2 rings (SSSR count). The summed E-state index contributed by atoms with van der Waals surface area (Å²) in [5.74, 6) is 0.908. The van der Waals surface area contributed by atoms with Crippen LogP contribution in [0.4, 0.5) is 0 Å². The first-order valence-electron chi connectivity index (χ1n) is 5.61. The largest absolute Gasteiger partial charge is 0.392 e. The summed E-state index contributed by atoms with van der Waals surface area (Å²) in [7, 11) is 0. The van der Waals surface area contributed by atoms with Crippen LogP contribution in [-0.4, -0.2) is 14.5 Å². The first-order valence-corrected chi connectivity index (χ1v) is 6.02. The zero-order chi connectivity index (χ0) is 12.3. The van der Waals surface area contributed by atoms with Gasteiger partial charge in [-0.15, -0.1) is 0 Å². The lowest BCUT2D eigenvalue weighted by molar-refractivity contribution is 0.626. The molecule has 1 aromatic carbocycles. The topological polar surface area (TPSA) is 43.8 Å². The van der Waals surface area contributed by atoms with Gasteiger partial charge in [0.15, 0.2) is 0 Å². The van der Waals surface area contributed by atoms with Crippen LogP contribution < -0.4 is 5.73 Å². The van der Waals surface area contributed by atoms with E-state index < -0.39 is 0 Å². The van der Waals surface area contributed by atoms with E-state index in [9.17, 15) is 0 Å². The summed E-state index contributed by atoms with van der Waals surface area (Å²) < 4.78 is 2.04. The third-order valence-corrected chi connectivity index (χ3v) is 3.02. The zero-order valence-corrected chi connectivity index (χ0v) is 10.5. The second-order valence-corrected chi connectivity index (χ2v) is 4.32. The molecule has 1 atom stereocenters. The highest BCUT2D eigenvalue weighted by Crippen LogP contribution is 2.22. The van der Waals surface area contributed by atoms with E-state index in [1.807, 2.05) is 41.1 Å². The second-order valence-electron chi connectivity index (χ2n) is 3.85. The molecule has 88 valence electrons. The van der Waals surface area contributed by atoms with E-state index >= 15 is 0 Å². The SMILES string of the molecule is CCC(C(N)=S)n1ccnc1-c1ccccc1. The Hall–Kier alpha value is -1.68. The molecule has 0 saturated carbocycles. The van der Waals surface area contributed by atoms with Crippen molar-refractivity contribution in [2.75, 3.05) is 0 Å². The molecule has 0 fully saturated rings. The Labute approximate surface area is 106 Å². The van der Waals surface area contributed by atoms with Gasteiger partial charge in [0.2, 0.25) is 0 Å². The van der Waals surface area contributed by atoms with Crippen molar-refractivity contribution in [3.8, 4) is 11.4 Å². The van der Waals surface area contributed by atoms with Gasteiger partial charge in [-0.1, -0.05) is 49.5 Å². The Bertz CT molecular complexity index is 504. The van der Waals surface area contributed by atoms with Crippen molar-refractivity contribution >= 4 is 17.2 Å². The molecule has 4 heteroatoms. The number of aromatic nitrogens is 2. The molecule has 0 aliphatic carbocycles. The molecule has 0 saturated heterocycles. The van der Waals surface area contributed by atoms with Crippen LogP contribution in [-0.2, 0) is 0 Å². The van der Waals surface area contributed by atoms with Gasteiger partial charge in [-0.2, -0.15) is 0 Å². The maximum atomic E-state index is 5.77. The van der Waals surface area contributed by atoms with Gasteiger partial charge in [0.1, 0.15) is 5.82 Å². The predicted molar refractivity (Wildman–Crippen MR) is 73.8 cm³/mol. The van der Waals surface area contributed by atoms with Crippen LogP contribution in [0, 0.1) is 0 Å². The average molecular weight is 245 g/mol. The average Bonchev–Trinajstić information content (AvgIpc) is 2.80. The number of rotatable bonds is 4. The number of thiocarbonyl (C=S) groups is 1. The molecule has 0 spiro atoms. The molecule has 2 aromatic rings. The van der Waals surface area contributed by atoms with E-state index in [2.05, 4.69) is 11.9 Å². The van der Waals surface area contributed by atoms with Crippen LogP contribution in [0.25, 0.3) is 11.4 Å². The smallest absolute Gasteiger partial charge is 0.140 e. The van der Waals surface area contributed by atoms with Gasteiger partial charge in [0.05, 0.1) is 11.0 Å². The minimum atomic E-state index is 0.0303. The quantitative estimate of drug-likeness (QED) is 0.842. The van der Waals surface area contributed by atoms with Crippen molar-refractivity contribution in [2.45, 2.75) is 19.4 Å². The molecule has 0 bridgehead atoms. The van der Waals surface area contributed by atoms with Crippen molar-refractivity contribution in [3.63, 3.8) is 0 Å². The lowest BCUT2D eigenvalue weighted by Crippen LogP contribution is -2.24. The van der Waals surface area contributed by atoms with E-state index in [0.29, 0.717) is 4.99 Å². The molecule has 2 N–H and O–H groups in total. The van der Waals surface area contributed by atoms with Crippen molar-refractivity contribution in [3.05, 3.63) is 42.7 Å². The van der Waals surface area contributed by atoms with Crippen molar-refractivity contribution in [1.82, 2.24) is 9.55 Å². The highest BCUT2D eigenvalue weighted by Gasteiger charge is 2.15. The summed E-state index contributed by atoms with van der Waals surface area (Å²) in [5, 5.41) is 0. The van der Waals surface area contributed by atoms with E-state index in [1.165, 1.54) is 0 Å². The van der Waals surface area contributed by atoms with Crippen molar-refractivity contribution in [1.29, 1.82) is 0 Å². The minimum absolute atomic E-state index is 0.0303. The van der Waals surface area contributed by atoms with E-state index in [-0.39, 0.29) is 6.04 Å². The van der Waals surface area contributed by atoms with E-state index in [0.717, 1.165) is 17.8 Å². The molecular weight excluding hydrogens is 230 g/mol. The number of nitrogens with two attached hydrogens (primary N) is 1. The van der Waals surface area contributed by atoms with E-state index in [4.69, 9.17) is 18.0 Å². The molecule has 0 aliphatic heterocycles. The van der Waals surface area contributed by atoms with Gasteiger partial charge < -0.3 is 10.3 Å². The molecular formula is C13H15N3S. The highest BCUT2D eigenvalue weighted by molar-refractivity contribution is 7.80. The Morgan fingerprint density at radius 1 is 1.41 bits per heavy atom. The van der Waals surface area contributed by atoms with Crippen LogP contribution in [0.3, 0.4) is 0 Å². The van der Waals surface area contributed by atoms with Crippen LogP contribution in [0.15, 0.2) is 42.7 Å². The van der Waals surface area contributed by atoms with Crippen LogP contribution >= 0.6 is 12.2 Å². The first-order chi connectivity index (χ1) is 8.24. The predicted octanol–water partition coefficient (Wildman–Crippen LogP) is 2.79. The maximum absolute atomic E-state index is 5.77. The van der Waals surface area contributed by atoms with E-state index in [1.54, 1.807) is 6.20 Å². The van der Waals surface area contributed by atoms with Gasteiger partial charge >= 0.3 is 0 Å². The van der Waals surface area contributed by atoms with Crippen molar-refractivity contribution in [2.24, 2.45) is 5.73 Å². The molecule has 0 radical (unpaired) electrons. The van der Waals surface area contributed by atoms with Gasteiger partial charge in [0.25, 0.3) is 0 Å². The lowest BCUT2D eigenvalue weighted by Gasteiger charge is -2.17. The summed E-state index contributed by atoms with van der Waals surface area (Å²) >= 11 is 5.10. The Morgan fingerprint density at radius 3 is 2.71 bits per heavy atom. The number of imidazole rings is 1. The zero-order valence-electron chi connectivity index (χ0n) is 9.71. The molecule has 1 aromatic heterocycles. The number of nitrogens with zero attached hydrogens (tertiary/aromatic N) is 2. The summed E-state index contributed by atoms with van der Waals surface area (Å²) in [5.41, 5.74) is 6.84. The minimum Gasteiger partial charge on any atom is -0.392 e. The summed E-state index contributed by atoms with van der Waals surface area (Å²) in [6.07, 6.45) is 4.57. The fraction of sp³-hybridized carbons (Fsp3) is 0.231. The molecule has 3 nitrogen and oxygen atoms in total. The molecule has 17 heavy (non-hydrogen) atoms. The molecule has 1 heterocycles. The lowest BCUT2D eigenvalue weighted by atomic mass is 10.1. The Morgan fingerprint density at radius 2 is 2.12 bits per heavy atom. The third kappa shape index (κ3) is 2.36. The summed E-state index contributed by atoms with van der Waals surface area (Å²) in [6.45, 7) is 2.07. The Kier molecular flexibility index (Phi) is 3.54. The van der Waals surface area contributed by atoms with Gasteiger partial charge in [-0.25, -0.2) is 4.98 Å². The normalized spacial score (nSPS) is 12.3. The number of hydrogen-bond acceptors (Lipinski definition) is 2. The second kappa shape index (κ2) is 5.10. The highest BCUT2D eigenvalue weighted by atomic mass is 32.1. The van der Waals surface area contributed by atoms with Gasteiger partial charge in [-0.05, 0) is 6.42 Å². The van der Waals surface area contributed by atoms with Crippen LogP contribution in [0.1, 0.15) is 19.4 Å². The summed E-state index contributed by atoms with van der Waals surface area (Å²) in [6, 6.07) is 10.1. The standard InChI is InChI=1S/C13H15N3S/c1-2-11(12(14)17)16-9-8-15-13(16)10-6-4-3-5-7-10/h3-9,11H,2H2,1H3,(H2,14,17). The number of benzene rings is 1.